The molecule has 1 N–H and O–H groups in total. The summed E-state index contributed by atoms with van der Waals surface area (Å²) in [6, 6.07) is 16.4. The summed E-state index contributed by atoms with van der Waals surface area (Å²) >= 11 is 0. The van der Waals surface area contributed by atoms with Crippen molar-refractivity contribution in [3.63, 3.8) is 0 Å². The lowest BCUT2D eigenvalue weighted by molar-refractivity contribution is -0.124. The molecule has 0 saturated heterocycles. The minimum Gasteiger partial charge on any atom is -0.496 e. The Hall–Kier alpha value is -3.41. The standard InChI is InChI=1S/C21H18FNO4/c1-26-19-11-10-18(16-4-2-3-5-17(16)19)21(25)27-13-20(24)23-12-14-6-8-15(22)9-7-14/h2-11H,12-13H2,1H3,(H,23,24). The first-order valence-corrected chi connectivity index (χ1v) is 8.32. The Morgan fingerprint density at radius 1 is 0.963 bits per heavy atom. The van der Waals surface area contributed by atoms with E-state index in [9.17, 15) is 14.0 Å². The summed E-state index contributed by atoms with van der Waals surface area (Å²) in [6.07, 6.45) is 0. The molecule has 3 aromatic carbocycles. The maximum Gasteiger partial charge on any atom is 0.339 e. The summed E-state index contributed by atoms with van der Waals surface area (Å²) < 4.78 is 23.3. The lowest BCUT2D eigenvalue weighted by Gasteiger charge is -2.10. The van der Waals surface area contributed by atoms with Crippen molar-refractivity contribution >= 4 is 22.6 Å². The van der Waals surface area contributed by atoms with Crippen LogP contribution in [-0.4, -0.2) is 25.6 Å². The maximum atomic E-state index is 12.9. The first-order valence-electron chi connectivity index (χ1n) is 8.32. The molecule has 0 spiro atoms. The number of hydrogen-bond acceptors (Lipinski definition) is 4. The highest BCUT2D eigenvalue weighted by Gasteiger charge is 2.15. The van der Waals surface area contributed by atoms with Crippen LogP contribution in [0.3, 0.4) is 0 Å². The van der Waals surface area contributed by atoms with Crippen LogP contribution in [0.5, 0.6) is 5.75 Å². The first-order chi connectivity index (χ1) is 13.1. The Morgan fingerprint density at radius 3 is 2.37 bits per heavy atom. The number of methoxy groups -OCH3 is 1. The van der Waals surface area contributed by atoms with Gasteiger partial charge in [0.15, 0.2) is 6.61 Å². The molecule has 0 heterocycles. The van der Waals surface area contributed by atoms with Gasteiger partial charge in [0.05, 0.1) is 12.7 Å². The van der Waals surface area contributed by atoms with Crippen LogP contribution in [0, 0.1) is 5.82 Å². The molecule has 138 valence electrons. The zero-order chi connectivity index (χ0) is 19.2. The molecule has 0 aliphatic rings. The van der Waals surface area contributed by atoms with Gasteiger partial charge < -0.3 is 14.8 Å². The van der Waals surface area contributed by atoms with Crippen molar-refractivity contribution < 1.29 is 23.5 Å². The number of nitrogens with one attached hydrogen (secondary N) is 1. The molecule has 0 fully saturated rings. The van der Waals surface area contributed by atoms with E-state index >= 15 is 0 Å². The number of fused-ring (bicyclic) bond motifs is 1. The Labute approximate surface area is 155 Å². The number of ether oxygens (including phenoxy) is 2. The van der Waals surface area contributed by atoms with Crippen LogP contribution in [0.25, 0.3) is 10.8 Å². The molecule has 0 aliphatic heterocycles. The SMILES string of the molecule is COc1ccc(C(=O)OCC(=O)NCc2ccc(F)cc2)c2ccccc12. The minimum atomic E-state index is -0.592. The van der Waals surface area contributed by atoms with E-state index in [4.69, 9.17) is 9.47 Å². The summed E-state index contributed by atoms with van der Waals surface area (Å²) in [7, 11) is 1.56. The van der Waals surface area contributed by atoms with Crippen LogP contribution >= 0.6 is 0 Å². The van der Waals surface area contributed by atoms with Crippen LogP contribution < -0.4 is 10.1 Å². The van der Waals surface area contributed by atoms with Gasteiger partial charge in [-0.1, -0.05) is 36.4 Å². The van der Waals surface area contributed by atoms with Crippen LogP contribution in [0.4, 0.5) is 4.39 Å². The van der Waals surface area contributed by atoms with Gasteiger partial charge in [-0.25, -0.2) is 9.18 Å². The first kappa shape index (κ1) is 18.4. The third-order valence-corrected chi connectivity index (χ3v) is 4.06. The Balaban J connectivity index is 1.61. The lowest BCUT2D eigenvalue weighted by atomic mass is 10.0. The molecule has 0 saturated carbocycles. The Morgan fingerprint density at radius 2 is 1.67 bits per heavy atom. The number of halogens is 1. The van der Waals surface area contributed by atoms with Crippen LogP contribution in [0.15, 0.2) is 60.7 Å². The van der Waals surface area contributed by atoms with Crippen LogP contribution in [0.2, 0.25) is 0 Å². The van der Waals surface area contributed by atoms with Gasteiger partial charge >= 0.3 is 5.97 Å². The summed E-state index contributed by atoms with van der Waals surface area (Å²) in [4.78, 5) is 24.3. The molecule has 0 aliphatic carbocycles. The van der Waals surface area contributed by atoms with Crippen LogP contribution in [-0.2, 0) is 16.1 Å². The van der Waals surface area contributed by atoms with E-state index < -0.39 is 18.5 Å². The number of amides is 1. The number of carbonyl (C=O) groups excluding carboxylic acids is 2. The lowest BCUT2D eigenvalue weighted by Crippen LogP contribution is -2.28. The van der Waals surface area contributed by atoms with Gasteiger partial charge in [0, 0.05) is 11.9 Å². The molecule has 6 heteroatoms. The quantitative estimate of drug-likeness (QED) is 0.678. The normalized spacial score (nSPS) is 10.4. The second-order valence-corrected chi connectivity index (χ2v) is 5.84. The molecular formula is C21H18FNO4. The number of carbonyl (C=O) groups is 2. The van der Waals surface area contributed by atoms with E-state index in [1.807, 2.05) is 18.2 Å². The topological polar surface area (TPSA) is 64.6 Å². The van der Waals surface area contributed by atoms with Crippen molar-refractivity contribution in [2.45, 2.75) is 6.54 Å². The summed E-state index contributed by atoms with van der Waals surface area (Å²) in [5.41, 5.74) is 1.11. The van der Waals surface area contributed by atoms with Gasteiger partial charge in [0.1, 0.15) is 11.6 Å². The fourth-order valence-corrected chi connectivity index (χ4v) is 2.69. The third kappa shape index (κ3) is 4.41. The van der Waals surface area contributed by atoms with E-state index in [-0.39, 0.29) is 12.4 Å². The predicted molar refractivity (Wildman–Crippen MR) is 99.0 cm³/mol. The molecule has 0 atom stereocenters. The molecule has 0 unspecified atom stereocenters. The summed E-state index contributed by atoms with van der Waals surface area (Å²) in [5.74, 6) is -0.721. The fraction of sp³-hybridized carbons (Fsp3) is 0.143. The molecule has 0 aromatic heterocycles. The van der Waals surface area contributed by atoms with E-state index in [0.29, 0.717) is 16.7 Å². The molecule has 1 amide bonds. The van der Waals surface area contributed by atoms with E-state index in [0.717, 1.165) is 10.9 Å². The van der Waals surface area contributed by atoms with Gasteiger partial charge in [-0.3, -0.25) is 4.79 Å². The molecular weight excluding hydrogens is 349 g/mol. The van der Waals surface area contributed by atoms with Crippen LogP contribution in [0.1, 0.15) is 15.9 Å². The molecule has 0 bridgehead atoms. The second-order valence-electron chi connectivity index (χ2n) is 5.84. The van der Waals surface area contributed by atoms with Crippen molar-refractivity contribution in [2.24, 2.45) is 0 Å². The summed E-state index contributed by atoms with van der Waals surface area (Å²) in [6.45, 7) is -0.178. The van der Waals surface area contributed by atoms with Gasteiger partial charge in [0.2, 0.25) is 0 Å². The average Bonchev–Trinajstić information content (AvgIpc) is 2.70. The van der Waals surface area contributed by atoms with Gasteiger partial charge in [0.25, 0.3) is 5.91 Å². The minimum absolute atomic E-state index is 0.224. The van der Waals surface area contributed by atoms with Crippen molar-refractivity contribution in [1.29, 1.82) is 0 Å². The van der Waals surface area contributed by atoms with Crippen molar-refractivity contribution in [2.75, 3.05) is 13.7 Å². The van der Waals surface area contributed by atoms with Crippen molar-refractivity contribution in [3.8, 4) is 5.75 Å². The van der Waals surface area contributed by atoms with Crippen molar-refractivity contribution in [1.82, 2.24) is 5.32 Å². The van der Waals surface area contributed by atoms with E-state index in [2.05, 4.69) is 5.32 Å². The molecule has 3 rings (SSSR count). The van der Waals surface area contributed by atoms with Gasteiger partial charge in [-0.15, -0.1) is 0 Å². The zero-order valence-electron chi connectivity index (χ0n) is 14.7. The predicted octanol–water partition coefficient (Wildman–Crippen LogP) is 3.46. The van der Waals surface area contributed by atoms with Gasteiger partial charge in [-0.05, 0) is 35.2 Å². The number of esters is 1. The number of rotatable bonds is 6. The smallest absolute Gasteiger partial charge is 0.339 e. The van der Waals surface area contributed by atoms with E-state index in [1.54, 1.807) is 37.4 Å². The largest absolute Gasteiger partial charge is 0.496 e. The highest BCUT2D eigenvalue weighted by atomic mass is 19.1. The highest BCUT2D eigenvalue weighted by molar-refractivity contribution is 6.06. The second kappa shape index (κ2) is 8.31. The van der Waals surface area contributed by atoms with Crippen molar-refractivity contribution in [3.05, 3.63) is 77.6 Å². The monoisotopic (exact) mass is 367 g/mol. The molecule has 3 aromatic rings. The zero-order valence-corrected chi connectivity index (χ0v) is 14.7. The Kier molecular flexibility index (Phi) is 5.66. The molecule has 5 nitrogen and oxygen atoms in total. The number of hydrogen-bond donors (Lipinski definition) is 1. The average molecular weight is 367 g/mol. The number of benzene rings is 3. The highest BCUT2D eigenvalue weighted by Crippen LogP contribution is 2.28. The third-order valence-electron chi connectivity index (χ3n) is 4.06. The molecule has 27 heavy (non-hydrogen) atoms. The Bertz CT molecular complexity index is 970. The van der Waals surface area contributed by atoms with E-state index in [1.165, 1.54) is 12.1 Å². The van der Waals surface area contributed by atoms with Gasteiger partial charge in [-0.2, -0.15) is 0 Å². The fourth-order valence-electron chi connectivity index (χ4n) is 2.69. The maximum absolute atomic E-state index is 12.9. The summed E-state index contributed by atoms with van der Waals surface area (Å²) in [5, 5.41) is 4.10. The molecule has 0 radical (unpaired) electrons.